The molecule has 156 valence electrons. The van der Waals surface area contributed by atoms with Gasteiger partial charge in [0, 0.05) is 42.8 Å². The molecule has 1 aliphatic carbocycles. The topological polar surface area (TPSA) is 68.5 Å². The van der Waals surface area contributed by atoms with Crippen LogP contribution in [0.4, 0.5) is 0 Å². The van der Waals surface area contributed by atoms with E-state index in [1.54, 1.807) is 11.3 Å². The predicted octanol–water partition coefficient (Wildman–Crippen LogP) is 3.79. The van der Waals surface area contributed by atoms with E-state index < -0.39 is 5.54 Å². The molecule has 8 heteroatoms. The normalized spacial score (nSPS) is 29.3. The Balaban J connectivity index is 0.00000182. The number of aromatic nitrogens is 1. The van der Waals surface area contributed by atoms with Crippen LogP contribution in [0, 0.1) is 5.41 Å². The molecule has 3 atom stereocenters. The van der Waals surface area contributed by atoms with Gasteiger partial charge in [-0.05, 0) is 26.2 Å². The van der Waals surface area contributed by atoms with Crippen LogP contribution in [0.15, 0.2) is 5.38 Å². The first-order valence-corrected chi connectivity index (χ1v) is 10.4. The molecular weight excluding hydrogens is 405 g/mol. The van der Waals surface area contributed by atoms with E-state index in [1.165, 1.54) is 5.01 Å². The van der Waals surface area contributed by atoms with Crippen LogP contribution in [0.5, 0.6) is 0 Å². The second-order valence-electron chi connectivity index (χ2n) is 7.96. The number of nitrogens with zero attached hydrogens (tertiary/aromatic N) is 2. The number of carbonyl (C=O) groups is 1. The summed E-state index contributed by atoms with van der Waals surface area (Å²) >= 11 is 1.73. The number of likely N-dealkylation sites (tertiary alicyclic amines) is 1. The van der Waals surface area contributed by atoms with Gasteiger partial charge in [-0.3, -0.25) is 4.79 Å². The third kappa shape index (κ3) is 4.30. The molecule has 1 aromatic rings. The number of aryl methyl sites for hydroxylation is 1. The lowest BCUT2D eigenvalue weighted by Gasteiger charge is -2.59. The molecule has 27 heavy (non-hydrogen) atoms. The molecule has 3 unspecified atom stereocenters. The number of ether oxygens (including phenoxy) is 1. The van der Waals surface area contributed by atoms with E-state index in [2.05, 4.69) is 26.2 Å². The van der Waals surface area contributed by atoms with Crippen LogP contribution in [0.2, 0.25) is 0 Å². The van der Waals surface area contributed by atoms with Crippen LogP contribution in [0.3, 0.4) is 0 Å². The van der Waals surface area contributed by atoms with E-state index in [4.69, 9.17) is 15.5 Å². The summed E-state index contributed by atoms with van der Waals surface area (Å²) in [7, 11) is 0. The first-order valence-electron chi connectivity index (χ1n) is 9.47. The summed E-state index contributed by atoms with van der Waals surface area (Å²) in [5.41, 5.74) is 6.61. The summed E-state index contributed by atoms with van der Waals surface area (Å²) in [6, 6.07) is 0. The minimum absolute atomic E-state index is 0. The van der Waals surface area contributed by atoms with Gasteiger partial charge in [0.05, 0.1) is 16.8 Å². The lowest BCUT2D eigenvalue weighted by Crippen LogP contribution is -2.76. The molecule has 1 aliphatic heterocycles. The van der Waals surface area contributed by atoms with Gasteiger partial charge in [0.15, 0.2) is 0 Å². The van der Waals surface area contributed by atoms with Gasteiger partial charge in [0.25, 0.3) is 0 Å². The number of carbonyl (C=O) groups excluding carboxylic acids is 1. The zero-order valence-corrected chi connectivity index (χ0v) is 19.1. The number of piperidine rings is 1. The number of thiazole rings is 1. The van der Waals surface area contributed by atoms with Gasteiger partial charge >= 0.3 is 0 Å². The van der Waals surface area contributed by atoms with Crippen molar-refractivity contribution in [3.8, 4) is 0 Å². The van der Waals surface area contributed by atoms with Crippen LogP contribution in [0.1, 0.15) is 63.6 Å². The molecule has 0 bridgehead atoms. The minimum atomic E-state index is -0.813. The first-order chi connectivity index (χ1) is 11.8. The summed E-state index contributed by atoms with van der Waals surface area (Å²) in [5, 5.41) is 3.31. The van der Waals surface area contributed by atoms with Crippen molar-refractivity contribution in [2.24, 2.45) is 11.1 Å². The summed E-state index contributed by atoms with van der Waals surface area (Å²) < 4.78 is 5.77. The standard InChI is InChI=1S/C19H31N3O2S.2ClH/c1-5-14-12-25-16(21-14)13-8-7-9-22(11-13)17(23)19(20)10-15(24-6-2)18(19,3)4;;/h12-13,15H,5-11,20H2,1-4H3;2*1H. The molecule has 1 saturated heterocycles. The van der Waals surface area contributed by atoms with Crippen LogP contribution in [-0.4, -0.2) is 47.1 Å². The molecule has 1 aromatic heterocycles. The van der Waals surface area contributed by atoms with Gasteiger partial charge in [-0.1, -0.05) is 20.8 Å². The van der Waals surface area contributed by atoms with E-state index in [-0.39, 0.29) is 42.2 Å². The van der Waals surface area contributed by atoms with Crippen molar-refractivity contribution in [3.63, 3.8) is 0 Å². The predicted molar refractivity (Wildman–Crippen MR) is 115 cm³/mol. The molecule has 2 fully saturated rings. The first kappa shape index (κ1) is 24.6. The van der Waals surface area contributed by atoms with E-state index in [9.17, 15) is 4.79 Å². The monoisotopic (exact) mass is 437 g/mol. The third-order valence-electron chi connectivity index (χ3n) is 6.20. The Morgan fingerprint density at radius 3 is 2.67 bits per heavy atom. The Morgan fingerprint density at radius 2 is 2.11 bits per heavy atom. The Hall–Kier alpha value is -0.400. The maximum Gasteiger partial charge on any atom is 0.243 e. The number of rotatable bonds is 5. The maximum atomic E-state index is 13.2. The molecule has 2 N–H and O–H groups in total. The largest absolute Gasteiger partial charge is 0.378 e. The van der Waals surface area contributed by atoms with Crippen molar-refractivity contribution in [1.82, 2.24) is 9.88 Å². The fourth-order valence-corrected chi connectivity index (χ4v) is 5.15. The fraction of sp³-hybridized carbons (Fsp3) is 0.789. The number of nitrogens with two attached hydrogens (primary N) is 1. The minimum Gasteiger partial charge on any atom is -0.378 e. The highest BCUT2D eigenvalue weighted by Gasteiger charge is 2.63. The molecule has 3 rings (SSSR count). The second kappa shape index (κ2) is 9.40. The average Bonchev–Trinajstić information content (AvgIpc) is 3.10. The summed E-state index contributed by atoms with van der Waals surface area (Å²) in [6.07, 6.45) is 3.76. The van der Waals surface area contributed by atoms with Gasteiger partial charge in [0.2, 0.25) is 5.91 Å². The van der Waals surface area contributed by atoms with Gasteiger partial charge in [-0.25, -0.2) is 4.98 Å². The van der Waals surface area contributed by atoms with E-state index in [1.807, 2.05) is 11.8 Å². The van der Waals surface area contributed by atoms with Crippen LogP contribution >= 0.6 is 36.2 Å². The van der Waals surface area contributed by atoms with Crippen molar-refractivity contribution < 1.29 is 9.53 Å². The Morgan fingerprint density at radius 1 is 1.41 bits per heavy atom. The summed E-state index contributed by atoms with van der Waals surface area (Å²) in [6.45, 7) is 10.4. The van der Waals surface area contributed by atoms with Crippen molar-refractivity contribution in [2.75, 3.05) is 19.7 Å². The Bertz CT molecular complexity index is 640. The SMILES string of the molecule is CCOC1CC(N)(C(=O)N2CCCC(c3nc(CC)cs3)C2)C1(C)C.Cl.Cl. The van der Waals surface area contributed by atoms with Crippen LogP contribution in [0.25, 0.3) is 0 Å². The van der Waals surface area contributed by atoms with Crippen LogP contribution in [-0.2, 0) is 16.0 Å². The van der Waals surface area contributed by atoms with Crippen molar-refractivity contribution in [1.29, 1.82) is 0 Å². The second-order valence-corrected chi connectivity index (χ2v) is 8.85. The van der Waals surface area contributed by atoms with E-state index >= 15 is 0 Å². The lowest BCUT2D eigenvalue weighted by atomic mass is 9.54. The Labute approximate surface area is 179 Å². The molecule has 5 nitrogen and oxygen atoms in total. The highest BCUT2D eigenvalue weighted by atomic mass is 35.5. The average molecular weight is 438 g/mol. The van der Waals surface area contributed by atoms with Gasteiger partial charge in [-0.15, -0.1) is 36.2 Å². The van der Waals surface area contributed by atoms with E-state index in [0.29, 0.717) is 18.9 Å². The molecular formula is C19H33Cl2N3O2S. The van der Waals surface area contributed by atoms with Gasteiger partial charge in [-0.2, -0.15) is 0 Å². The molecule has 1 amide bonds. The molecule has 0 spiro atoms. The Kier molecular flexibility index (Phi) is 8.58. The fourth-order valence-electron chi connectivity index (χ4n) is 4.12. The van der Waals surface area contributed by atoms with Gasteiger partial charge in [0.1, 0.15) is 5.54 Å². The number of amides is 1. The summed E-state index contributed by atoms with van der Waals surface area (Å²) in [5.74, 6) is 0.433. The van der Waals surface area contributed by atoms with Crippen molar-refractivity contribution >= 4 is 42.1 Å². The van der Waals surface area contributed by atoms with Crippen molar-refractivity contribution in [2.45, 2.75) is 70.9 Å². The van der Waals surface area contributed by atoms with E-state index in [0.717, 1.165) is 38.0 Å². The molecule has 0 aromatic carbocycles. The number of hydrogen-bond acceptors (Lipinski definition) is 5. The third-order valence-corrected chi connectivity index (χ3v) is 7.26. The number of hydrogen-bond donors (Lipinski definition) is 1. The quantitative estimate of drug-likeness (QED) is 0.760. The highest BCUT2D eigenvalue weighted by Crippen LogP contribution is 2.51. The highest BCUT2D eigenvalue weighted by molar-refractivity contribution is 7.09. The smallest absolute Gasteiger partial charge is 0.243 e. The maximum absolute atomic E-state index is 13.2. The lowest BCUT2D eigenvalue weighted by molar-refractivity contribution is -0.180. The number of halogens is 2. The summed E-state index contributed by atoms with van der Waals surface area (Å²) in [4.78, 5) is 19.9. The molecule has 1 saturated carbocycles. The molecule has 2 heterocycles. The molecule has 2 aliphatic rings. The van der Waals surface area contributed by atoms with Gasteiger partial charge < -0.3 is 15.4 Å². The zero-order valence-electron chi connectivity index (χ0n) is 16.7. The zero-order chi connectivity index (χ0) is 18.2. The van der Waals surface area contributed by atoms with Crippen LogP contribution < -0.4 is 5.73 Å². The van der Waals surface area contributed by atoms with Crippen molar-refractivity contribution in [3.05, 3.63) is 16.1 Å². The molecule has 0 radical (unpaired) electrons.